The van der Waals surface area contributed by atoms with Gasteiger partial charge >= 0.3 is 0 Å². The fraction of sp³-hybridized carbons (Fsp3) is 0.571. The summed E-state index contributed by atoms with van der Waals surface area (Å²) >= 11 is 5.80. The van der Waals surface area contributed by atoms with E-state index in [1.165, 1.54) is 28.6 Å². The summed E-state index contributed by atoms with van der Waals surface area (Å²) in [6, 6.07) is 5.46. The Kier molecular flexibility index (Phi) is 5.21. The van der Waals surface area contributed by atoms with Crippen LogP contribution in [0.1, 0.15) is 20.3 Å². The molecule has 8 heteroatoms. The highest BCUT2D eigenvalue weighted by atomic mass is 35.5. The van der Waals surface area contributed by atoms with Crippen LogP contribution in [0.3, 0.4) is 0 Å². The second-order valence-corrected chi connectivity index (χ2v) is 10.5. The van der Waals surface area contributed by atoms with Crippen molar-refractivity contribution in [2.24, 2.45) is 5.92 Å². The molecule has 22 heavy (non-hydrogen) atoms. The number of sulfone groups is 1. The van der Waals surface area contributed by atoms with Crippen molar-refractivity contribution in [3.63, 3.8) is 0 Å². The minimum absolute atomic E-state index is 0.0440. The summed E-state index contributed by atoms with van der Waals surface area (Å²) < 4.78 is 50.5. The van der Waals surface area contributed by atoms with E-state index in [-0.39, 0.29) is 22.3 Å². The lowest BCUT2D eigenvalue weighted by Crippen LogP contribution is -2.43. The number of rotatable bonds is 5. The molecule has 0 aromatic heterocycles. The van der Waals surface area contributed by atoms with Crippen molar-refractivity contribution in [3.8, 4) is 0 Å². The minimum atomic E-state index is -3.74. The van der Waals surface area contributed by atoms with E-state index in [2.05, 4.69) is 0 Å². The van der Waals surface area contributed by atoms with Crippen LogP contribution in [-0.2, 0) is 19.9 Å². The molecule has 2 rings (SSSR count). The summed E-state index contributed by atoms with van der Waals surface area (Å²) in [6.07, 6.45) is 0.349. The molecule has 1 aromatic carbocycles. The lowest BCUT2D eigenvalue weighted by Gasteiger charge is -2.29. The largest absolute Gasteiger partial charge is 0.243 e. The fourth-order valence-electron chi connectivity index (χ4n) is 2.55. The van der Waals surface area contributed by atoms with Crippen molar-refractivity contribution in [1.82, 2.24) is 4.31 Å². The Morgan fingerprint density at radius 1 is 1.27 bits per heavy atom. The first-order valence-corrected chi connectivity index (χ1v) is 10.7. The van der Waals surface area contributed by atoms with Crippen molar-refractivity contribution in [2.45, 2.75) is 31.2 Å². The highest BCUT2D eigenvalue weighted by Crippen LogP contribution is 2.26. The van der Waals surface area contributed by atoms with Gasteiger partial charge in [-0.15, -0.1) is 0 Å². The van der Waals surface area contributed by atoms with Gasteiger partial charge < -0.3 is 0 Å². The number of sulfonamides is 1. The van der Waals surface area contributed by atoms with Crippen LogP contribution < -0.4 is 0 Å². The quantitative estimate of drug-likeness (QED) is 0.801. The van der Waals surface area contributed by atoms with Crippen LogP contribution in [0.2, 0.25) is 5.02 Å². The Bertz CT molecular complexity index is 727. The first-order valence-electron chi connectivity index (χ1n) is 7.09. The first kappa shape index (κ1) is 17.7. The average Bonchev–Trinajstić information content (AvgIpc) is 2.76. The number of benzene rings is 1. The van der Waals surface area contributed by atoms with E-state index in [1.807, 2.05) is 13.8 Å². The van der Waals surface area contributed by atoms with Gasteiger partial charge in [-0.2, -0.15) is 4.31 Å². The Labute approximate surface area is 137 Å². The molecule has 1 aromatic rings. The van der Waals surface area contributed by atoms with Crippen molar-refractivity contribution in [1.29, 1.82) is 0 Å². The molecular weight excluding hydrogens is 346 g/mol. The van der Waals surface area contributed by atoms with E-state index in [0.29, 0.717) is 18.0 Å². The average molecular weight is 366 g/mol. The molecule has 1 saturated heterocycles. The molecule has 1 heterocycles. The summed E-state index contributed by atoms with van der Waals surface area (Å²) in [7, 11) is -6.89. The molecule has 1 fully saturated rings. The lowest BCUT2D eigenvalue weighted by atomic mass is 10.2. The smallest absolute Gasteiger partial charge is 0.229 e. The standard InChI is InChI=1S/C14H20ClNO4S2/c1-11(2)9-16(13-7-8-21(17,18)10-13)22(19,20)14-5-3-12(15)4-6-14/h3-6,11,13H,7-10H2,1-2H3/t13-/m1/s1. The summed E-state index contributed by atoms with van der Waals surface area (Å²) in [4.78, 5) is 0.141. The van der Waals surface area contributed by atoms with Gasteiger partial charge in [0.1, 0.15) is 0 Å². The van der Waals surface area contributed by atoms with Crippen molar-refractivity contribution in [3.05, 3.63) is 29.3 Å². The molecule has 1 aliphatic rings. The Morgan fingerprint density at radius 3 is 2.32 bits per heavy atom. The highest BCUT2D eigenvalue weighted by molar-refractivity contribution is 7.92. The van der Waals surface area contributed by atoms with E-state index in [0.717, 1.165) is 0 Å². The third kappa shape index (κ3) is 4.01. The minimum Gasteiger partial charge on any atom is -0.229 e. The maximum absolute atomic E-state index is 12.9. The maximum Gasteiger partial charge on any atom is 0.243 e. The van der Waals surface area contributed by atoms with Gasteiger partial charge in [-0.05, 0) is 36.6 Å². The maximum atomic E-state index is 12.9. The fourth-order valence-corrected chi connectivity index (χ4v) is 6.32. The number of halogens is 1. The third-order valence-corrected chi connectivity index (χ3v) is 7.52. The summed E-state index contributed by atoms with van der Waals surface area (Å²) in [5, 5.41) is 0.456. The summed E-state index contributed by atoms with van der Waals surface area (Å²) in [5.41, 5.74) is 0. The number of nitrogens with zero attached hydrogens (tertiary/aromatic N) is 1. The van der Waals surface area contributed by atoms with Crippen LogP contribution in [0.15, 0.2) is 29.2 Å². The molecule has 0 N–H and O–H groups in total. The van der Waals surface area contributed by atoms with Crippen LogP contribution in [-0.4, -0.2) is 45.2 Å². The molecule has 0 bridgehead atoms. The van der Waals surface area contributed by atoms with Crippen molar-refractivity contribution >= 4 is 31.5 Å². The second-order valence-electron chi connectivity index (χ2n) is 5.98. The SMILES string of the molecule is CC(C)CN([C@@H]1CCS(=O)(=O)C1)S(=O)(=O)c1ccc(Cl)cc1. The van der Waals surface area contributed by atoms with Gasteiger partial charge in [-0.3, -0.25) is 0 Å². The Hall–Kier alpha value is -0.630. The molecule has 124 valence electrons. The van der Waals surface area contributed by atoms with Gasteiger partial charge in [-0.25, -0.2) is 16.8 Å². The van der Waals surface area contributed by atoms with Crippen LogP contribution in [0.5, 0.6) is 0 Å². The Morgan fingerprint density at radius 2 is 1.86 bits per heavy atom. The molecule has 0 spiro atoms. The third-order valence-electron chi connectivity index (χ3n) is 3.58. The van der Waals surface area contributed by atoms with Gasteiger partial charge in [-0.1, -0.05) is 25.4 Å². The highest BCUT2D eigenvalue weighted by Gasteiger charge is 2.38. The zero-order valence-corrected chi connectivity index (χ0v) is 15.0. The summed E-state index contributed by atoms with van der Waals surface area (Å²) in [6.45, 7) is 4.12. The predicted molar refractivity (Wildman–Crippen MR) is 87.2 cm³/mol. The molecular formula is C14H20ClNO4S2. The zero-order valence-electron chi connectivity index (χ0n) is 12.6. The van der Waals surface area contributed by atoms with Crippen molar-refractivity contribution in [2.75, 3.05) is 18.1 Å². The molecule has 0 saturated carbocycles. The van der Waals surface area contributed by atoms with Crippen molar-refractivity contribution < 1.29 is 16.8 Å². The second kappa shape index (κ2) is 6.47. The van der Waals surface area contributed by atoms with Crippen LogP contribution in [0.4, 0.5) is 0 Å². The topological polar surface area (TPSA) is 71.5 Å². The predicted octanol–water partition coefficient (Wildman–Crippen LogP) is 2.17. The molecule has 1 atom stereocenters. The first-order chi connectivity index (χ1) is 10.1. The number of hydrogen-bond acceptors (Lipinski definition) is 4. The van der Waals surface area contributed by atoms with E-state index < -0.39 is 25.9 Å². The Balaban J connectivity index is 2.38. The molecule has 0 aliphatic carbocycles. The monoisotopic (exact) mass is 365 g/mol. The number of hydrogen-bond donors (Lipinski definition) is 0. The molecule has 0 unspecified atom stereocenters. The molecule has 5 nitrogen and oxygen atoms in total. The summed E-state index contributed by atoms with van der Waals surface area (Å²) in [5.74, 6) is 0.0416. The van der Waals surface area contributed by atoms with Gasteiger partial charge in [0.2, 0.25) is 10.0 Å². The van der Waals surface area contributed by atoms with Crippen LogP contribution in [0, 0.1) is 5.92 Å². The normalized spacial score (nSPS) is 21.6. The molecule has 0 amide bonds. The van der Waals surface area contributed by atoms with E-state index >= 15 is 0 Å². The van der Waals surface area contributed by atoms with E-state index in [9.17, 15) is 16.8 Å². The molecule has 0 radical (unpaired) electrons. The zero-order chi connectivity index (χ0) is 16.5. The van der Waals surface area contributed by atoms with Gasteiger partial charge in [0.25, 0.3) is 0 Å². The molecule has 1 aliphatic heterocycles. The lowest BCUT2D eigenvalue weighted by molar-refractivity contribution is 0.308. The van der Waals surface area contributed by atoms with E-state index in [4.69, 9.17) is 11.6 Å². The van der Waals surface area contributed by atoms with E-state index in [1.54, 1.807) is 0 Å². The van der Waals surface area contributed by atoms with Gasteiger partial charge in [0, 0.05) is 17.6 Å². The van der Waals surface area contributed by atoms with Crippen LogP contribution >= 0.6 is 11.6 Å². The van der Waals surface area contributed by atoms with Gasteiger partial charge in [0.05, 0.1) is 16.4 Å². The van der Waals surface area contributed by atoms with Gasteiger partial charge in [0.15, 0.2) is 9.84 Å². The van der Waals surface area contributed by atoms with Crippen LogP contribution in [0.25, 0.3) is 0 Å².